The molecule has 0 aliphatic carbocycles. The van der Waals surface area contributed by atoms with Crippen LogP contribution in [0, 0.1) is 3.57 Å². The van der Waals surface area contributed by atoms with Crippen LogP contribution in [0.1, 0.15) is 0 Å². The van der Waals surface area contributed by atoms with Gasteiger partial charge in [-0.1, -0.05) is 6.07 Å². The topological polar surface area (TPSA) is 50.7 Å². The molecule has 0 radical (unpaired) electrons. The van der Waals surface area contributed by atoms with Gasteiger partial charge < -0.3 is 5.32 Å². The molecule has 2 heterocycles. The number of anilines is 2. The Morgan fingerprint density at radius 1 is 1.11 bits per heavy atom. The number of halogens is 1. The first-order valence-corrected chi connectivity index (χ1v) is 6.48. The predicted molar refractivity (Wildman–Crippen MR) is 79.8 cm³/mol. The highest BCUT2D eigenvalue weighted by Crippen LogP contribution is 2.17. The smallest absolute Gasteiger partial charge is 0.227 e. The number of fused-ring (bicyclic) bond motifs is 1. The third-order valence-electron chi connectivity index (χ3n) is 2.46. The van der Waals surface area contributed by atoms with Gasteiger partial charge in [0.05, 0.1) is 5.52 Å². The van der Waals surface area contributed by atoms with Gasteiger partial charge in [-0.3, -0.25) is 4.98 Å². The van der Waals surface area contributed by atoms with Gasteiger partial charge in [-0.25, -0.2) is 9.97 Å². The molecule has 0 aliphatic rings. The van der Waals surface area contributed by atoms with Crippen LogP contribution in [0.4, 0.5) is 11.6 Å². The summed E-state index contributed by atoms with van der Waals surface area (Å²) < 4.78 is 1.17. The average Bonchev–Trinajstić information content (AvgIpc) is 2.39. The number of rotatable bonds is 2. The summed E-state index contributed by atoms with van der Waals surface area (Å²) in [7, 11) is 0. The highest BCUT2D eigenvalue weighted by Gasteiger charge is 2.00. The third-order valence-corrected chi connectivity index (χ3v) is 3.13. The van der Waals surface area contributed by atoms with Gasteiger partial charge in [0.15, 0.2) is 0 Å². The van der Waals surface area contributed by atoms with E-state index in [0.29, 0.717) is 5.95 Å². The lowest BCUT2D eigenvalue weighted by Gasteiger charge is -2.05. The molecule has 2 aromatic heterocycles. The zero-order chi connectivity index (χ0) is 12.4. The highest BCUT2D eigenvalue weighted by molar-refractivity contribution is 14.1. The van der Waals surface area contributed by atoms with Crippen molar-refractivity contribution in [3.63, 3.8) is 0 Å². The molecule has 0 aliphatic heterocycles. The van der Waals surface area contributed by atoms with Crippen LogP contribution < -0.4 is 5.32 Å². The standard InChI is InChI=1S/C13H9IN4/c14-10-2-1-3-11(6-10)17-13-16-8-9-7-15-5-4-12(9)18-13/h1-8H,(H,16,17,18). The number of aromatic nitrogens is 3. The third kappa shape index (κ3) is 2.40. The number of hydrogen-bond donors (Lipinski definition) is 1. The van der Waals surface area contributed by atoms with Gasteiger partial charge in [-0.2, -0.15) is 0 Å². The Hall–Kier alpha value is -1.76. The molecule has 1 aromatic carbocycles. The first kappa shape index (κ1) is 11.3. The van der Waals surface area contributed by atoms with Crippen molar-refractivity contribution in [3.05, 3.63) is 52.5 Å². The van der Waals surface area contributed by atoms with Crippen LogP contribution in [0.15, 0.2) is 48.9 Å². The fraction of sp³-hybridized carbons (Fsp3) is 0. The molecule has 0 spiro atoms. The lowest BCUT2D eigenvalue weighted by atomic mass is 10.3. The van der Waals surface area contributed by atoms with Gasteiger partial charge in [-0.15, -0.1) is 0 Å². The fourth-order valence-electron chi connectivity index (χ4n) is 1.63. The number of nitrogens with zero attached hydrogens (tertiary/aromatic N) is 3. The summed E-state index contributed by atoms with van der Waals surface area (Å²) in [6.07, 6.45) is 5.25. The van der Waals surface area contributed by atoms with Gasteiger partial charge in [0.1, 0.15) is 0 Å². The van der Waals surface area contributed by atoms with E-state index in [2.05, 4.69) is 42.9 Å². The van der Waals surface area contributed by atoms with E-state index in [1.165, 1.54) is 3.57 Å². The Balaban J connectivity index is 1.95. The summed E-state index contributed by atoms with van der Waals surface area (Å²) >= 11 is 2.27. The number of pyridine rings is 1. The molecule has 4 nitrogen and oxygen atoms in total. The summed E-state index contributed by atoms with van der Waals surface area (Å²) in [5, 5.41) is 4.13. The van der Waals surface area contributed by atoms with Crippen LogP contribution in [0.2, 0.25) is 0 Å². The van der Waals surface area contributed by atoms with Gasteiger partial charge in [-0.05, 0) is 46.9 Å². The molecular weight excluding hydrogens is 339 g/mol. The second-order valence-electron chi connectivity index (χ2n) is 3.76. The van der Waals surface area contributed by atoms with E-state index in [4.69, 9.17) is 0 Å². The van der Waals surface area contributed by atoms with Crippen molar-refractivity contribution in [1.82, 2.24) is 15.0 Å². The predicted octanol–water partition coefficient (Wildman–Crippen LogP) is 3.37. The van der Waals surface area contributed by atoms with Crippen LogP contribution in [0.5, 0.6) is 0 Å². The van der Waals surface area contributed by atoms with Gasteiger partial charge in [0.2, 0.25) is 5.95 Å². The molecule has 0 saturated carbocycles. The minimum Gasteiger partial charge on any atom is -0.324 e. The average molecular weight is 348 g/mol. The molecular formula is C13H9IN4. The molecule has 0 unspecified atom stereocenters. The molecule has 3 rings (SSSR count). The number of hydrogen-bond acceptors (Lipinski definition) is 4. The molecule has 3 aromatic rings. The first-order valence-electron chi connectivity index (χ1n) is 5.41. The summed E-state index contributed by atoms with van der Waals surface area (Å²) in [6.45, 7) is 0. The fourth-order valence-corrected chi connectivity index (χ4v) is 2.17. The second kappa shape index (κ2) is 4.85. The maximum absolute atomic E-state index is 4.44. The summed E-state index contributed by atoms with van der Waals surface area (Å²) in [6, 6.07) is 9.94. The van der Waals surface area contributed by atoms with E-state index in [1.54, 1.807) is 18.6 Å². The zero-order valence-corrected chi connectivity index (χ0v) is 11.5. The molecule has 18 heavy (non-hydrogen) atoms. The Morgan fingerprint density at radius 3 is 2.94 bits per heavy atom. The van der Waals surface area contributed by atoms with Crippen LogP contribution in [0.25, 0.3) is 10.9 Å². The Kier molecular flexibility index (Phi) is 3.06. The Morgan fingerprint density at radius 2 is 2.06 bits per heavy atom. The summed E-state index contributed by atoms with van der Waals surface area (Å²) in [4.78, 5) is 12.7. The monoisotopic (exact) mass is 348 g/mol. The minimum atomic E-state index is 0.593. The van der Waals surface area contributed by atoms with Gasteiger partial charge >= 0.3 is 0 Å². The van der Waals surface area contributed by atoms with E-state index < -0.39 is 0 Å². The molecule has 5 heteroatoms. The quantitative estimate of drug-likeness (QED) is 0.722. The van der Waals surface area contributed by atoms with Crippen LogP contribution in [-0.2, 0) is 0 Å². The van der Waals surface area contributed by atoms with Crippen LogP contribution >= 0.6 is 22.6 Å². The number of nitrogens with one attached hydrogen (secondary N) is 1. The normalized spacial score (nSPS) is 10.5. The van der Waals surface area contributed by atoms with Crippen molar-refractivity contribution in [1.29, 1.82) is 0 Å². The summed E-state index contributed by atoms with van der Waals surface area (Å²) in [5.74, 6) is 0.593. The molecule has 0 fully saturated rings. The molecule has 88 valence electrons. The molecule has 0 atom stereocenters. The van der Waals surface area contributed by atoms with Crippen molar-refractivity contribution >= 4 is 45.1 Å². The van der Waals surface area contributed by atoms with Crippen molar-refractivity contribution in [3.8, 4) is 0 Å². The van der Waals surface area contributed by atoms with E-state index in [1.807, 2.05) is 30.3 Å². The second-order valence-corrected chi connectivity index (χ2v) is 5.01. The SMILES string of the molecule is Ic1cccc(Nc2ncc3cnccc3n2)c1. The number of benzene rings is 1. The lowest BCUT2D eigenvalue weighted by molar-refractivity contribution is 1.20. The van der Waals surface area contributed by atoms with Gasteiger partial charge in [0, 0.05) is 33.2 Å². The highest BCUT2D eigenvalue weighted by atomic mass is 127. The molecule has 0 bridgehead atoms. The van der Waals surface area contributed by atoms with Crippen molar-refractivity contribution in [2.75, 3.05) is 5.32 Å². The maximum atomic E-state index is 4.44. The van der Waals surface area contributed by atoms with Gasteiger partial charge in [0.25, 0.3) is 0 Å². The molecule has 0 saturated heterocycles. The van der Waals surface area contributed by atoms with E-state index in [-0.39, 0.29) is 0 Å². The van der Waals surface area contributed by atoms with Crippen molar-refractivity contribution in [2.24, 2.45) is 0 Å². The van der Waals surface area contributed by atoms with E-state index in [0.717, 1.165) is 16.6 Å². The molecule has 0 amide bonds. The van der Waals surface area contributed by atoms with Crippen LogP contribution in [0.3, 0.4) is 0 Å². The maximum Gasteiger partial charge on any atom is 0.227 e. The Labute approximate surface area is 118 Å². The Bertz CT molecular complexity index is 699. The summed E-state index contributed by atoms with van der Waals surface area (Å²) in [5.41, 5.74) is 1.86. The van der Waals surface area contributed by atoms with E-state index in [9.17, 15) is 0 Å². The lowest BCUT2D eigenvalue weighted by Crippen LogP contribution is -1.97. The van der Waals surface area contributed by atoms with Crippen molar-refractivity contribution < 1.29 is 0 Å². The molecule has 1 N–H and O–H groups in total. The van der Waals surface area contributed by atoms with Crippen LogP contribution in [-0.4, -0.2) is 15.0 Å². The largest absolute Gasteiger partial charge is 0.324 e. The zero-order valence-electron chi connectivity index (χ0n) is 9.34. The van der Waals surface area contributed by atoms with E-state index >= 15 is 0 Å². The van der Waals surface area contributed by atoms with Crippen molar-refractivity contribution in [2.45, 2.75) is 0 Å². The minimum absolute atomic E-state index is 0.593. The first-order chi connectivity index (χ1) is 8.81.